The van der Waals surface area contributed by atoms with Crippen LogP contribution in [0, 0.1) is 0 Å². The van der Waals surface area contributed by atoms with E-state index in [4.69, 9.17) is 5.73 Å². The van der Waals surface area contributed by atoms with E-state index < -0.39 is 0 Å². The van der Waals surface area contributed by atoms with Crippen LogP contribution in [-0.4, -0.2) is 2.78 Å². The Morgan fingerprint density at radius 3 is 2.67 bits per heavy atom. The van der Waals surface area contributed by atoms with Gasteiger partial charge in [-0.05, 0) is 6.07 Å². The topological polar surface area (TPSA) is 48.0 Å². The zero-order valence-electron chi connectivity index (χ0n) is 4.54. The van der Waals surface area contributed by atoms with Gasteiger partial charge < -0.3 is 5.73 Å². The number of pyridine rings is 1. The Balaban J connectivity index is 3.34. The van der Waals surface area contributed by atoms with Gasteiger partial charge in [-0.2, -0.15) is 0 Å². The molecule has 1 aromatic rings. The van der Waals surface area contributed by atoms with E-state index in [0.717, 1.165) is 0 Å². The van der Waals surface area contributed by atoms with Crippen molar-refractivity contribution in [1.82, 2.24) is 2.78 Å². The molecule has 4 heteroatoms. The van der Waals surface area contributed by atoms with Crippen LogP contribution in [0.4, 0.5) is 5.69 Å². The van der Waals surface area contributed by atoms with Gasteiger partial charge in [0.1, 0.15) is 0 Å². The molecule has 3 nitrogen and oxygen atoms in total. The summed E-state index contributed by atoms with van der Waals surface area (Å²) >= 11 is 1.87. The highest BCUT2D eigenvalue weighted by Crippen LogP contribution is 1.97. The summed E-state index contributed by atoms with van der Waals surface area (Å²) in [5.74, 6) is 0. The molecule has 0 aliphatic rings. The van der Waals surface area contributed by atoms with Crippen LogP contribution < -0.4 is 11.3 Å². The fourth-order valence-electron chi connectivity index (χ4n) is 0.476. The maximum atomic E-state index is 10.7. The van der Waals surface area contributed by atoms with E-state index in [1.807, 2.05) is 22.9 Å². The highest BCUT2D eigenvalue weighted by molar-refractivity contribution is 14.1. The minimum absolute atomic E-state index is 0.0511. The molecular weight excluding hydrogens is 231 g/mol. The standard InChI is InChI=1S/C5H5IN2O/c6-8-3-4(7)1-2-5(8)9/h1-3H,7H2. The molecule has 0 saturated heterocycles. The molecule has 0 fully saturated rings. The summed E-state index contributed by atoms with van der Waals surface area (Å²) in [6.07, 6.45) is 1.57. The van der Waals surface area contributed by atoms with Gasteiger partial charge in [0.05, 0.1) is 22.9 Å². The van der Waals surface area contributed by atoms with Gasteiger partial charge in [-0.3, -0.25) is 7.58 Å². The van der Waals surface area contributed by atoms with E-state index in [0.29, 0.717) is 5.69 Å². The average Bonchev–Trinajstić information content (AvgIpc) is 1.80. The summed E-state index contributed by atoms with van der Waals surface area (Å²) < 4.78 is 1.41. The number of hydrogen-bond acceptors (Lipinski definition) is 2. The molecule has 0 amide bonds. The lowest BCUT2D eigenvalue weighted by atomic mass is 10.4. The van der Waals surface area contributed by atoms with Crippen molar-refractivity contribution in [3.63, 3.8) is 0 Å². The van der Waals surface area contributed by atoms with Gasteiger partial charge in [-0.15, -0.1) is 0 Å². The van der Waals surface area contributed by atoms with Crippen molar-refractivity contribution in [3.8, 4) is 0 Å². The smallest absolute Gasteiger partial charge is 0.259 e. The summed E-state index contributed by atoms with van der Waals surface area (Å²) in [7, 11) is 0. The largest absolute Gasteiger partial charge is 0.398 e. The van der Waals surface area contributed by atoms with Gasteiger partial charge in [-0.25, -0.2) is 0 Å². The quantitative estimate of drug-likeness (QED) is 0.671. The lowest BCUT2D eigenvalue weighted by Gasteiger charge is -1.92. The second-order valence-electron chi connectivity index (χ2n) is 1.61. The maximum Gasteiger partial charge on any atom is 0.259 e. The maximum absolute atomic E-state index is 10.7. The minimum atomic E-state index is -0.0511. The molecule has 1 heterocycles. The summed E-state index contributed by atoms with van der Waals surface area (Å²) in [5, 5.41) is 0. The highest BCUT2D eigenvalue weighted by Gasteiger charge is 1.88. The molecule has 0 saturated carbocycles. The van der Waals surface area contributed by atoms with Gasteiger partial charge in [0.2, 0.25) is 0 Å². The van der Waals surface area contributed by atoms with Gasteiger partial charge >= 0.3 is 0 Å². The third-order valence-corrected chi connectivity index (χ3v) is 1.65. The molecule has 0 aliphatic heterocycles. The van der Waals surface area contributed by atoms with Crippen LogP contribution in [0.3, 0.4) is 0 Å². The number of halogens is 1. The van der Waals surface area contributed by atoms with Gasteiger partial charge in [0.15, 0.2) is 0 Å². The Hall–Kier alpha value is -0.520. The van der Waals surface area contributed by atoms with Crippen molar-refractivity contribution in [2.24, 2.45) is 0 Å². The summed E-state index contributed by atoms with van der Waals surface area (Å²) in [6.45, 7) is 0. The van der Waals surface area contributed by atoms with Crippen LogP contribution in [0.1, 0.15) is 0 Å². The van der Waals surface area contributed by atoms with Crippen LogP contribution in [0.5, 0.6) is 0 Å². The summed E-state index contributed by atoms with van der Waals surface area (Å²) in [5.41, 5.74) is 5.91. The molecule has 0 radical (unpaired) electrons. The second-order valence-corrected chi connectivity index (χ2v) is 2.65. The van der Waals surface area contributed by atoms with Gasteiger partial charge in [-0.1, -0.05) is 0 Å². The Kier molecular flexibility index (Phi) is 1.75. The Morgan fingerprint density at radius 2 is 2.22 bits per heavy atom. The number of nitrogens with zero attached hydrogens (tertiary/aromatic N) is 1. The predicted molar refractivity (Wildman–Crippen MR) is 44.5 cm³/mol. The van der Waals surface area contributed by atoms with E-state index in [-0.39, 0.29) is 5.56 Å². The Morgan fingerprint density at radius 1 is 1.56 bits per heavy atom. The number of nitrogen functional groups attached to an aromatic ring is 1. The zero-order chi connectivity index (χ0) is 6.85. The molecule has 0 bridgehead atoms. The first-order chi connectivity index (χ1) is 4.20. The van der Waals surface area contributed by atoms with Crippen LogP contribution in [0.25, 0.3) is 0 Å². The first kappa shape index (κ1) is 6.60. The first-order valence-electron chi connectivity index (χ1n) is 2.34. The van der Waals surface area contributed by atoms with Crippen molar-refractivity contribution < 1.29 is 0 Å². The molecule has 1 aromatic heterocycles. The molecule has 1 rings (SSSR count). The number of aromatic nitrogens is 1. The molecule has 0 atom stereocenters. The lowest BCUT2D eigenvalue weighted by molar-refractivity contribution is 1.20. The minimum Gasteiger partial charge on any atom is -0.398 e. The van der Waals surface area contributed by atoms with E-state index in [1.54, 1.807) is 12.3 Å². The average molecular weight is 236 g/mol. The van der Waals surface area contributed by atoms with Crippen molar-refractivity contribution in [2.75, 3.05) is 5.73 Å². The van der Waals surface area contributed by atoms with Crippen LogP contribution in [-0.2, 0) is 0 Å². The van der Waals surface area contributed by atoms with Crippen LogP contribution >= 0.6 is 22.9 Å². The van der Waals surface area contributed by atoms with E-state index >= 15 is 0 Å². The normalized spacial score (nSPS) is 9.44. The molecule has 48 valence electrons. The fourth-order valence-corrected chi connectivity index (χ4v) is 0.959. The van der Waals surface area contributed by atoms with Crippen molar-refractivity contribution in [2.45, 2.75) is 0 Å². The molecule has 0 aromatic carbocycles. The SMILES string of the molecule is Nc1ccc(=O)n(I)c1. The zero-order valence-corrected chi connectivity index (χ0v) is 6.70. The van der Waals surface area contributed by atoms with Gasteiger partial charge in [0.25, 0.3) is 5.56 Å². The number of hydrogen-bond donors (Lipinski definition) is 1. The number of nitrogens with two attached hydrogens (primary N) is 1. The van der Waals surface area contributed by atoms with Crippen molar-refractivity contribution in [3.05, 3.63) is 28.7 Å². The van der Waals surface area contributed by atoms with Crippen LogP contribution in [0.2, 0.25) is 0 Å². The molecule has 0 aliphatic carbocycles. The molecule has 0 spiro atoms. The van der Waals surface area contributed by atoms with E-state index in [1.165, 1.54) is 8.85 Å². The second kappa shape index (κ2) is 2.38. The summed E-state index contributed by atoms with van der Waals surface area (Å²) in [6, 6.07) is 3.01. The molecular formula is C5H5IN2O. The number of anilines is 1. The predicted octanol–water partition coefficient (Wildman–Crippen LogP) is 0.629. The van der Waals surface area contributed by atoms with E-state index in [9.17, 15) is 4.79 Å². The molecule has 9 heavy (non-hydrogen) atoms. The fraction of sp³-hybridized carbons (Fsp3) is 0. The third-order valence-electron chi connectivity index (χ3n) is 0.891. The van der Waals surface area contributed by atoms with Gasteiger partial charge in [0, 0.05) is 18.0 Å². The van der Waals surface area contributed by atoms with Crippen molar-refractivity contribution >= 4 is 28.6 Å². The highest BCUT2D eigenvalue weighted by atomic mass is 127. The Labute approximate surface area is 66.0 Å². The molecule has 0 unspecified atom stereocenters. The monoisotopic (exact) mass is 236 g/mol. The van der Waals surface area contributed by atoms with E-state index in [2.05, 4.69) is 0 Å². The summed E-state index contributed by atoms with van der Waals surface area (Å²) in [4.78, 5) is 10.7. The number of rotatable bonds is 0. The van der Waals surface area contributed by atoms with Crippen LogP contribution in [0.15, 0.2) is 23.1 Å². The first-order valence-corrected chi connectivity index (χ1v) is 3.31. The molecule has 2 N–H and O–H groups in total. The third kappa shape index (κ3) is 1.44. The lowest BCUT2D eigenvalue weighted by Crippen LogP contribution is -2.09. The Bertz CT molecular complexity index is 268. The van der Waals surface area contributed by atoms with Crippen molar-refractivity contribution in [1.29, 1.82) is 0 Å².